The van der Waals surface area contributed by atoms with Gasteiger partial charge in [-0.05, 0) is 25.1 Å². The van der Waals surface area contributed by atoms with E-state index in [4.69, 9.17) is 19.0 Å². The predicted molar refractivity (Wildman–Crippen MR) is 72.9 cm³/mol. The standard InChI is InChI=1S/C13H13BrO5/c1-2-17-5-6-18-11-9-7-8(14)3-4-10(9)19-12(11)13(15)16/h3-4,7H,2,5-6H2,1H3,(H,15,16). The molecular formula is C13H13BrO5. The molecule has 1 N–H and O–H groups in total. The van der Waals surface area contributed by atoms with Crippen molar-refractivity contribution in [2.45, 2.75) is 6.92 Å². The van der Waals surface area contributed by atoms with Crippen LogP contribution >= 0.6 is 15.9 Å². The Labute approximate surface area is 118 Å². The second kappa shape index (κ2) is 6.08. The fraction of sp³-hybridized carbons (Fsp3) is 0.308. The molecule has 6 heteroatoms. The SMILES string of the molecule is CCOCCOc1c(C(=O)O)oc2ccc(Br)cc12. The van der Waals surface area contributed by atoms with Crippen molar-refractivity contribution < 1.29 is 23.8 Å². The lowest BCUT2D eigenvalue weighted by Crippen LogP contribution is -2.08. The third kappa shape index (κ3) is 3.08. The first kappa shape index (κ1) is 13.9. The normalized spacial score (nSPS) is 10.8. The molecule has 0 unspecified atom stereocenters. The highest BCUT2D eigenvalue weighted by molar-refractivity contribution is 9.10. The number of furan rings is 1. The summed E-state index contributed by atoms with van der Waals surface area (Å²) >= 11 is 3.34. The molecule has 0 aliphatic carbocycles. The van der Waals surface area contributed by atoms with Crippen LogP contribution in [0, 0.1) is 0 Å². The quantitative estimate of drug-likeness (QED) is 0.824. The van der Waals surface area contributed by atoms with E-state index in [9.17, 15) is 4.79 Å². The maximum atomic E-state index is 11.1. The summed E-state index contributed by atoms with van der Waals surface area (Å²) in [5.41, 5.74) is 0.479. The van der Waals surface area contributed by atoms with Gasteiger partial charge in [0, 0.05) is 11.1 Å². The average molecular weight is 329 g/mol. The molecule has 1 heterocycles. The van der Waals surface area contributed by atoms with E-state index >= 15 is 0 Å². The number of ether oxygens (including phenoxy) is 2. The molecule has 0 radical (unpaired) electrons. The van der Waals surface area contributed by atoms with Crippen molar-refractivity contribution in [2.75, 3.05) is 19.8 Å². The van der Waals surface area contributed by atoms with E-state index in [-0.39, 0.29) is 18.1 Å². The van der Waals surface area contributed by atoms with Crippen LogP contribution < -0.4 is 4.74 Å². The summed E-state index contributed by atoms with van der Waals surface area (Å²) in [5.74, 6) is -1.10. The number of aromatic carboxylic acids is 1. The van der Waals surface area contributed by atoms with E-state index in [2.05, 4.69) is 15.9 Å². The van der Waals surface area contributed by atoms with Crippen molar-refractivity contribution in [3.63, 3.8) is 0 Å². The van der Waals surface area contributed by atoms with Crippen LogP contribution in [-0.2, 0) is 4.74 Å². The third-order valence-electron chi connectivity index (χ3n) is 2.48. The number of benzene rings is 1. The molecule has 0 saturated carbocycles. The fourth-order valence-corrected chi connectivity index (χ4v) is 2.04. The maximum absolute atomic E-state index is 11.1. The van der Waals surface area contributed by atoms with Crippen LogP contribution in [0.1, 0.15) is 17.5 Å². The lowest BCUT2D eigenvalue weighted by molar-refractivity contribution is 0.0652. The zero-order valence-electron chi connectivity index (χ0n) is 10.3. The molecule has 0 aliphatic rings. The summed E-state index contributed by atoms with van der Waals surface area (Å²) in [5, 5.41) is 9.75. The van der Waals surface area contributed by atoms with Gasteiger partial charge >= 0.3 is 5.97 Å². The number of hydrogen-bond acceptors (Lipinski definition) is 4. The molecular weight excluding hydrogens is 316 g/mol. The van der Waals surface area contributed by atoms with Gasteiger partial charge in [0.25, 0.3) is 5.76 Å². The smallest absolute Gasteiger partial charge is 0.375 e. The highest BCUT2D eigenvalue weighted by Gasteiger charge is 2.21. The van der Waals surface area contributed by atoms with E-state index < -0.39 is 5.97 Å². The van der Waals surface area contributed by atoms with Crippen LogP contribution in [0.25, 0.3) is 11.0 Å². The largest absolute Gasteiger partial charge is 0.486 e. The Morgan fingerprint density at radius 2 is 2.21 bits per heavy atom. The Hall–Kier alpha value is -1.53. The van der Waals surface area contributed by atoms with Crippen LogP contribution in [0.4, 0.5) is 0 Å². The first-order valence-corrected chi connectivity index (χ1v) is 6.58. The second-order valence-electron chi connectivity index (χ2n) is 3.75. The maximum Gasteiger partial charge on any atom is 0.375 e. The zero-order valence-corrected chi connectivity index (χ0v) is 11.9. The fourth-order valence-electron chi connectivity index (χ4n) is 1.68. The van der Waals surface area contributed by atoms with Crippen molar-refractivity contribution in [1.82, 2.24) is 0 Å². The number of fused-ring (bicyclic) bond motifs is 1. The number of carboxylic acid groups (broad SMARTS) is 1. The third-order valence-corrected chi connectivity index (χ3v) is 2.97. The van der Waals surface area contributed by atoms with E-state index in [0.717, 1.165) is 4.47 Å². The highest BCUT2D eigenvalue weighted by Crippen LogP contribution is 2.34. The first-order chi connectivity index (χ1) is 9.13. The average Bonchev–Trinajstić information content (AvgIpc) is 2.73. The lowest BCUT2D eigenvalue weighted by atomic mass is 10.2. The van der Waals surface area contributed by atoms with Crippen LogP contribution in [0.5, 0.6) is 5.75 Å². The minimum Gasteiger partial charge on any atom is -0.486 e. The molecule has 0 atom stereocenters. The minimum atomic E-state index is -1.15. The number of rotatable bonds is 6. The van der Waals surface area contributed by atoms with Crippen molar-refractivity contribution >= 4 is 32.9 Å². The zero-order chi connectivity index (χ0) is 13.8. The topological polar surface area (TPSA) is 68.9 Å². The molecule has 0 bridgehead atoms. The molecule has 0 aliphatic heterocycles. The molecule has 1 aromatic carbocycles. The van der Waals surface area contributed by atoms with Crippen molar-refractivity contribution in [3.05, 3.63) is 28.4 Å². The van der Waals surface area contributed by atoms with Crippen molar-refractivity contribution in [2.24, 2.45) is 0 Å². The first-order valence-electron chi connectivity index (χ1n) is 5.79. The molecule has 0 amide bonds. The summed E-state index contributed by atoms with van der Waals surface area (Å²) in [4.78, 5) is 11.1. The van der Waals surface area contributed by atoms with Crippen molar-refractivity contribution in [3.8, 4) is 5.75 Å². The van der Waals surface area contributed by atoms with Gasteiger partial charge in [-0.25, -0.2) is 4.79 Å². The number of halogens is 1. The summed E-state index contributed by atoms with van der Waals surface area (Å²) in [6.45, 7) is 3.14. The number of carboxylic acids is 1. The Kier molecular flexibility index (Phi) is 4.44. The van der Waals surface area contributed by atoms with Gasteiger partial charge in [-0.15, -0.1) is 0 Å². The van der Waals surface area contributed by atoms with Gasteiger partial charge < -0.3 is 19.0 Å². The molecule has 19 heavy (non-hydrogen) atoms. The van der Waals surface area contributed by atoms with Crippen LogP contribution in [0.15, 0.2) is 27.1 Å². The molecule has 0 fully saturated rings. The monoisotopic (exact) mass is 328 g/mol. The van der Waals surface area contributed by atoms with Gasteiger partial charge in [0.2, 0.25) is 0 Å². The predicted octanol–water partition coefficient (Wildman–Crippen LogP) is 3.31. The summed E-state index contributed by atoms with van der Waals surface area (Å²) < 4.78 is 16.8. The van der Waals surface area contributed by atoms with Crippen LogP contribution in [0.3, 0.4) is 0 Å². The van der Waals surface area contributed by atoms with Gasteiger partial charge in [0.1, 0.15) is 12.2 Å². The Bertz CT molecular complexity index is 590. The van der Waals surface area contributed by atoms with Crippen LogP contribution in [0.2, 0.25) is 0 Å². The van der Waals surface area contributed by atoms with E-state index in [1.165, 1.54) is 0 Å². The van der Waals surface area contributed by atoms with Gasteiger partial charge in [-0.3, -0.25) is 0 Å². The Balaban J connectivity index is 2.34. The minimum absolute atomic E-state index is 0.190. The molecule has 1 aromatic heterocycles. The Morgan fingerprint density at radius 3 is 2.89 bits per heavy atom. The van der Waals surface area contributed by atoms with Gasteiger partial charge in [-0.1, -0.05) is 15.9 Å². The van der Waals surface area contributed by atoms with E-state index in [0.29, 0.717) is 24.2 Å². The lowest BCUT2D eigenvalue weighted by Gasteiger charge is -2.05. The number of carbonyl (C=O) groups is 1. The van der Waals surface area contributed by atoms with Gasteiger partial charge in [0.15, 0.2) is 5.75 Å². The molecule has 102 valence electrons. The molecule has 0 spiro atoms. The van der Waals surface area contributed by atoms with E-state index in [1.54, 1.807) is 18.2 Å². The molecule has 0 saturated heterocycles. The second-order valence-corrected chi connectivity index (χ2v) is 4.67. The number of hydrogen-bond donors (Lipinski definition) is 1. The molecule has 2 aromatic rings. The summed E-state index contributed by atoms with van der Waals surface area (Å²) in [6.07, 6.45) is 0. The molecule has 5 nitrogen and oxygen atoms in total. The summed E-state index contributed by atoms with van der Waals surface area (Å²) in [7, 11) is 0. The summed E-state index contributed by atoms with van der Waals surface area (Å²) in [6, 6.07) is 5.24. The van der Waals surface area contributed by atoms with E-state index in [1.807, 2.05) is 6.92 Å². The van der Waals surface area contributed by atoms with Crippen molar-refractivity contribution in [1.29, 1.82) is 0 Å². The van der Waals surface area contributed by atoms with Gasteiger partial charge in [-0.2, -0.15) is 0 Å². The van der Waals surface area contributed by atoms with Crippen LogP contribution in [-0.4, -0.2) is 30.9 Å². The Morgan fingerprint density at radius 1 is 1.42 bits per heavy atom. The van der Waals surface area contributed by atoms with Gasteiger partial charge in [0.05, 0.1) is 12.0 Å². The highest BCUT2D eigenvalue weighted by atomic mass is 79.9. The molecule has 2 rings (SSSR count).